The Morgan fingerprint density at radius 1 is 1.40 bits per heavy atom. The highest BCUT2D eigenvalue weighted by Crippen LogP contribution is 2.30. The molecule has 15 heavy (non-hydrogen) atoms. The normalized spacial score (nSPS) is 18.5. The van der Waals surface area contributed by atoms with Crippen LogP contribution >= 0.6 is 0 Å². The molecule has 1 fully saturated rings. The van der Waals surface area contributed by atoms with Crippen molar-refractivity contribution in [3.63, 3.8) is 0 Å². The summed E-state index contributed by atoms with van der Waals surface area (Å²) in [6.07, 6.45) is 5.44. The van der Waals surface area contributed by atoms with E-state index in [0.717, 1.165) is 5.92 Å². The van der Waals surface area contributed by atoms with Crippen LogP contribution in [0, 0.1) is 12.8 Å². The summed E-state index contributed by atoms with van der Waals surface area (Å²) in [5.41, 5.74) is 2.84. The zero-order valence-electron chi connectivity index (χ0n) is 9.79. The van der Waals surface area contributed by atoms with Crippen LogP contribution in [0.1, 0.15) is 30.4 Å². The summed E-state index contributed by atoms with van der Waals surface area (Å²) in [6.45, 7) is 2.17. The Morgan fingerprint density at radius 2 is 2.20 bits per heavy atom. The molecule has 0 spiro atoms. The van der Waals surface area contributed by atoms with E-state index in [1.807, 2.05) is 0 Å². The summed E-state index contributed by atoms with van der Waals surface area (Å²) in [4.78, 5) is 0. The summed E-state index contributed by atoms with van der Waals surface area (Å²) in [6, 6.07) is 9.57. The van der Waals surface area contributed by atoms with E-state index in [-0.39, 0.29) is 0 Å². The Balaban J connectivity index is 1.99. The molecule has 1 aromatic rings. The van der Waals surface area contributed by atoms with Gasteiger partial charge in [0.05, 0.1) is 0 Å². The zero-order valence-corrected chi connectivity index (χ0v) is 9.79. The third-order valence-electron chi connectivity index (χ3n) is 3.63. The van der Waals surface area contributed by atoms with Crippen molar-refractivity contribution in [2.24, 2.45) is 5.92 Å². The molecule has 1 N–H and O–H groups in total. The van der Waals surface area contributed by atoms with Gasteiger partial charge < -0.3 is 5.32 Å². The molecule has 0 aliphatic heterocycles. The van der Waals surface area contributed by atoms with Gasteiger partial charge in [-0.1, -0.05) is 36.2 Å². The number of hydrogen-bond acceptors (Lipinski definition) is 1. The first kappa shape index (κ1) is 10.7. The van der Waals surface area contributed by atoms with Gasteiger partial charge in [0.25, 0.3) is 0 Å². The third kappa shape index (κ3) is 2.60. The highest BCUT2D eigenvalue weighted by molar-refractivity contribution is 5.23. The molecule has 1 nitrogen and oxygen atoms in total. The van der Waals surface area contributed by atoms with Gasteiger partial charge in [-0.05, 0) is 44.7 Å². The Morgan fingerprint density at radius 3 is 2.73 bits per heavy atom. The van der Waals surface area contributed by atoms with Gasteiger partial charge in [-0.25, -0.2) is 0 Å². The van der Waals surface area contributed by atoms with Crippen molar-refractivity contribution in [1.82, 2.24) is 5.32 Å². The lowest BCUT2D eigenvalue weighted by Gasteiger charge is -2.33. The number of aryl methyl sites for hydroxylation is 1. The lowest BCUT2D eigenvalue weighted by Crippen LogP contribution is -2.39. The quantitative estimate of drug-likeness (QED) is 0.793. The number of hydrogen-bond donors (Lipinski definition) is 1. The fourth-order valence-electron chi connectivity index (χ4n) is 2.44. The van der Waals surface area contributed by atoms with E-state index in [0.29, 0.717) is 6.04 Å². The van der Waals surface area contributed by atoms with Crippen molar-refractivity contribution in [3.05, 3.63) is 35.4 Å². The maximum atomic E-state index is 3.47. The van der Waals surface area contributed by atoms with Gasteiger partial charge in [0.2, 0.25) is 0 Å². The molecular formula is C14H21N. The van der Waals surface area contributed by atoms with E-state index in [1.54, 1.807) is 0 Å². The Bertz CT molecular complexity index is 315. The summed E-state index contributed by atoms with van der Waals surface area (Å²) in [5.74, 6) is 0.913. The van der Waals surface area contributed by atoms with Gasteiger partial charge in [0, 0.05) is 6.04 Å². The summed E-state index contributed by atoms with van der Waals surface area (Å²) in [7, 11) is 2.10. The Kier molecular flexibility index (Phi) is 3.42. The molecule has 0 radical (unpaired) electrons. The van der Waals surface area contributed by atoms with Crippen LogP contribution in [-0.4, -0.2) is 13.1 Å². The lowest BCUT2D eigenvalue weighted by molar-refractivity contribution is 0.236. The van der Waals surface area contributed by atoms with Crippen molar-refractivity contribution in [1.29, 1.82) is 0 Å². The maximum Gasteiger partial charge on any atom is 0.0133 e. The molecule has 0 bridgehead atoms. The van der Waals surface area contributed by atoms with Gasteiger partial charge in [0.15, 0.2) is 0 Å². The Hall–Kier alpha value is -0.820. The van der Waals surface area contributed by atoms with E-state index in [2.05, 4.69) is 43.6 Å². The Labute approximate surface area is 92.9 Å². The minimum atomic E-state index is 0.681. The van der Waals surface area contributed by atoms with Gasteiger partial charge in [-0.2, -0.15) is 0 Å². The third-order valence-corrected chi connectivity index (χ3v) is 3.63. The molecule has 2 rings (SSSR count). The smallest absolute Gasteiger partial charge is 0.0133 e. The van der Waals surface area contributed by atoms with Crippen molar-refractivity contribution in [2.75, 3.05) is 7.05 Å². The van der Waals surface area contributed by atoms with Crippen LogP contribution in [0.25, 0.3) is 0 Å². The number of rotatable bonds is 4. The van der Waals surface area contributed by atoms with Crippen LogP contribution < -0.4 is 5.32 Å². The van der Waals surface area contributed by atoms with Crippen LogP contribution in [0.5, 0.6) is 0 Å². The highest BCUT2D eigenvalue weighted by atomic mass is 14.9. The topological polar surface area (TPSA) is 12.0 Å². The monoisotopic (exact) mass is 203 g/mol. The van der Waals surface area contributed by atoms with Crippen LogP contribution in [-0.2, 0) is 6.42 Å². The molecular weight excluding hydrogens is 182 g/mol. The second-order valence-electron chi connectivity index (χ2n) is 4.78. The first-order valence-electron chi connectivity index (χ1n) is 6.02. The number of likely N-dealkylation sites (N-methyl/N-ethyl adjacent to an activating group) is 1. The molecule has 82 valence electrons. The van der Waals surface area contributed by atoms with E-state index in [1.165, 1.54) is 36.8 Å². The minimum Gasteiger partial charge on any atom is -0.316 e. The molecule has 1 aliphatic carbocycles. The fraction of sp³-hybridized carbons (Fsp3) is 0.571. The van der Waals surface area contributed by atoms with Crippen LogP contribution in [0.4, 0.5) is 0 Å². The molecule has 1 saturated carbocycles. The molecule has 1 unspecified atom stereocenters. The van der Waals surface area contributed by atoms with Gasteiger partial charge in [-0.3, -0.25) is 0 Å². The summed E-state index contributed by atoms with van der Waals surface area (Å²) < 4.78 is 0. The fourth-order valence-corrected chi connectivity index (χ4v) is 2.44. The molecule has 0 amide bonds. The second kappa shape index (κ2) is 4.80. The molecule has 0 heterocycles. The predicted molar refractivity (Wildman–Crippen MR) is 65.1 cm³/mol. The number of nitrogens with one attached hydrogen (secondary N) is 1. The van der Waals surface area contributed by atoms with Crippen LogP contribution in [0.3, 0.4) is 0 Å². The van der Waals surface area contributed by atoms with Crippen LogP contribution in [0.15, 0.2) is 24.3 Å². The van der Waals surface area contributed by atoms with Crippen molar-refractivity contribution in [3.8, 4) is 0 Å². The van der Waals surface area contributed by atoms with Crippen LogP contribution in [0.2, 0.25) is 0 Å². The van der Waals surface area contributed by atoms with E-state index in [9.17, 15) is 0 Å². The second-order valence-corrected chi connectivity index (χ2v) is 4.78. The average Bonchev–Trinajstić information content (AvgIpc) is 2.14. The molecule has 1 aromatic carbocycles. The average molecular weight is 203 g/mol. The van der Waals surface area contributed by atoms with E-state index in [4.69, 9.17) is 0 Å². The SMILES string of the molecule is CNC(Cc1cccc(C)c1)C1CCC1. The van der Waals surface area contributed by atoms with Crippen molar-refractivity contribution >= 4 is 0 Å². The van der Waals surface area contributed by atoms with Crippen molar-refractivity contribution < 1.29 is 0 Å². The molecule has 1 aliphatic rings. The standard InChI is InChI=1S/C14H21N/c1-11-5-3-6-12(9-11)10-14(15-2)13-7-4-8-13/h3,5-6,9,13-15H,4,7-8,10H2,1-2H3. The molecule has 1 atom stereocenters. The first-order chi connectivity index (χ1) is 7.29. The maximum absolute atomic E-state index is 3.47. The zero-order chi connectivity index (χ0) is 10.7. The lowest BCUT2D eigenvalue weighted by atomic mass is 9.77. The van der Waals surface area contributed by atoms with Gasteiger partial charge in [0.1, 0.15) is 0 Å². The summed E-state index contributed by atoms with van der Waals surface area (Å²) >= 11 is 0. The van der Waals surface area contributed by atoms with E-state index < -0.39 is 0 Å². The summed E-state index contributed by atoms with van der Waals surface area (Å²) in [5, 5.41) is 3.47. The van der Waals surface area contributed by atoms with Gasteiger partial charge >= 0.3 is 0 Å². The number of benzene rings is 1. The largest absolute Gasteiger partial charge is 0.316 e. The molecule has 0 aromatic heterocycles. The molecule has 1 heteroatoms. The van der Waals surface area contributed by atoms with E-state index >= 15 is 0 Å². The highest BCUT2D eigenvalue weighted by Gasteiger charge is 2.25. The van der Waals surface area contributed by atoms with Gasteiger partial charge in [-0.15, -0.1) is 0 Å². The first-order valence-corrected chi connectivity index (χ1v) is 6.02. The molecule has 0 saturated heterocycles. The predicted octanol–water partition coefficient (Wildman–Crippen LogP) is 2.93. The van der Waals surface area contributed by atoms with Crippen molar-refractivity contribution in [2.45, 2.75) is 38.6 Å². The minimum absolute atomic E-state index is 0.681.